The van der Waals surface area contributed by atoms with Crippen LogP contribution < -0.4 is 10.6 Å². The molecule has 112 valence electrons. The molecule has 0 amide bonds. The molecule has 0 unspecified atom stereocenters. The van der Waals surface area contributed by atoms with Crippen LogP contribution in [0.4, 0.5) is 5.95 Å². The molecule has 1 aromatic carbocycles. The third-order valence-corrected chi connectivity index (χ3v) is 3.54. The lowest BCUT2D eigenvalue weighted by atomic mass is 10.1. The first-order valence-corrected chi connectivity index (χ1v) is 7.34. The minimum atomic E-state index is 0.398. The number of hydrogen-bond donors (Lipinski definition) is 1. The molecule has 21 heavy (non-hydrogen) atoms. The van der Waals surface area contributed by atoms with Crippen LogP contribution in [0.1, 0.15) is 42.3 Å². The lowest BCUT2D eigenvalue weighted by Gasteiger charge is -2.20. The second-order valence-corrected chi connectivity index (χ2v) is 5.72. The number of aromatic nitrogens is 2. The van der Waals surface area contributed by atoms with Crippen molar-refractivity contribution < 1.29 is 0 Å². The molecule has 4 nitrogen and oxygen atoms in total. The van der Waals surface area contributed by atoms with E-state index in [1.165, 1.54) is 11.1 Å². The Balaban J connectivity index is 2.26. The van der Waals surface area contributed by atoms with E-state index in [0.717, 1.165) is 23.9 Å². The van der Waals surface area contributed by atoms with E-state index in [1.54, 1.807) is 0 Å². The molecule has 2 aromatic rings. The van der Waals surface area contributed by atoms with Crippen molar-refractivity contribution in [1.82, 2.24) is 9.97 Å². The number of benzene rings is 1. The van der Waals surface area contributed by atoms with E-state index in [-0.39, 0.29) is 0 Å². The normalized spacial score (nSPS) is 11.0. The van der Waals surface area contributed by atoms with Gasteiger partial charge in [0.15, 0.2) is 0 Å². The predicted molar refractivity (Wildman–Crippen MR) is 87.3 cm³/mol. The fourth-order valence-corrected chi connectivity index (χ4v) is 2.28. The summed E-state index contributed by atoms with van der Waals surface area (Å²) in [5.41, 5.74) is 10.3. The van der Waals surface area contributed by atoms with Gasteiger partial charge in [0.25, 0.3) is 0 Å². The number of aryl methyl sites for hydroxylation is 1. The Labute approximate surface area is 127 Å². The van der Waals surface area contributed by atoms with Crippen LogP contribution in [0, 0.1) is 6.92 Å². The van der Waals surface area contributed by atoms with E-state index in [4.69, 9.17) is 5.73 Å². The van der Waals surface area contributed by atoms with Gasteiger partial charge in [-0.15, -0.1) is 0 Å². The van der Waals surface area contributed by atoms with Gasteiger partial charge in [-0.2, -0.15) is 0 Å². The second-order valence-electron chi connectivity index (χ2n) is 5.72. The Hall–Kier alpha value is -1.94. The molecule has 1 heterocycles. The number of anilines is 1. The number of nitrogens with zero attached hydrogens (tertiary/aromatic N) is 3. The number of hydrogen-bond acceptors (Lipinski definition) is 4. The van der Waals surface area contributed by atoms with Gasteiger partial charge in [0.1, 0.15) is 0 Å². The third-order valence-electron chi connectivity index (χ3n) is 3.54. The summed E-state index contributed by atoms with van der Waals surface area (Å²) in [6.07, 6.45) is 0. The molecule has 1 aromatic heterocycles. The molecule has 4 heteroatoms. The van der Waals surface area contributed by atoms with E-state index in [0.29, 0.717) is 12.5 Å². The van der Waals surface area contributed by atoms with Crippen LogP contribution in [-0.4, -0.2) is 17.0 Å². The van der Waals surface area contributed by atoms with Crippen LogP contribution in [0.3, 0.4) is 0 Å². The van der Waals surface area contributed by atoms with Crippen molar-refractivity contribution in [3.05, 3.63) is 52.8 Å². The van der Waals surface area contributed by atoms with Crippen LogP contribution in [0.15, 0.2) is 30.3 Å². The summed E-state index contributed by atoms with van der Waals surface area (Å²) in [7, 11) is 2.02. The average molecular weight is 284 g/mol. The molecule has 2 rings (SSSR count). The van der Waals surface area contributed by atoms with E-state index >= 15 is 0 Å². The van der Waals surface area contributed by atoms with Crippen molar-refractivity contribution in [3.8, 4) is 0 Å². The largest absolute Gasteiger partial charge is 0.340 e. The van der Waals surface area contributed by atoms with Crippen LogP contribution in [0.25, 0.3) is 0 Å². The first-order valence-electron chi connectivity index (χ1n) is 7.34. The monoisotopic (exact) mass is 284 g/mol. The van der Waals surface area contributed by atoms with Crippen molar-refractivity contribution in [2.75, 3.05) is 11.9 Å². The van der Waals surface area contributed by atoms with Gasteiger partial charge in [0, 0.05) is 31.5 Å². The van der Waals surface area contributed by atoms with Gasteiger partial charge in [-0.3, -0.25) is 0 Å². The first kappa shape index (κ1) is 15.4. The highest BCUT2D eigenvalue weighted by atomic mass is 15.2. The Kier molecular flexibility index (Phi) is 4.91. The van der Waals surface area contributed by atoms with E-state index < -0.39 is 0 Å². The summed E-state index contributed by atoms with van der Waals surface area (Å²) < 4.78 is 0. The standard InChI is InChI=1S/C17H24N4/c1-12(2)16-9-13(3)19-17(20-16)21(4)11-15-8-6-5-7-14(15)10-18/h5-9,12H,10-11,18H2,1-4H3. The summed E-state index contributed by atoms with van der Waals surface area (Å²) in [6.45, 7) is 7.62. The minimum Gasteiger partial charge on any atom is -0.340 e. The molecule has 0 fully saturated rings. The van der Waals surface area contributed by atoms with Gasteiger partial charge in [0.05, 0.1) is 0 Å². The molecule has 0 aliphatic rings. The van der Waals surface area contributed by atoms with Crippen LogP contribution in [-0.2, 0) is 13.1 Å². The molecule has 0 aliphatic carbocycles. The predicted octanol–water partition coefficient (Wildman–Crippen LogP) is 3.00. The van der Waals surface area contributed by atoms with Crippen molar-refractivity contribution >= 4 is 5.95 Å². The van der Waals surface area contributed by atoms with Crippen molar-refractivity contribution in [3.63, 3.8) is 0 Å². The highest BCUT2D eigenvalue weighted by molar-refractivity contribution is 5.36. The molecule has 0 bridgehead atoms. The first-order chi connectivity index (χ1) is 10.0. The topological polar surface area (TPSA) is 55.0 Å². The van der Waals surface area contributed by atoms with Gasteiger partial charge in [-0.1, -0.05) is 38.1 Å². The summed E-state index contributed by atoms with van der Waals surface area (Å²) in [5.74, 6) is 1.17. The fourth-order valence-electron chi connectivity index (χ4n) is 2.28. The molecule has 0 radical (unpaired) electrons. The smallest absolute Gasteiger partial charge is 0.225 e. The third kappa shape index (κ3) is 3.79. The number of nitrogens with two attached hydrogens (primary N) is 1. The zero-order valence-corrected chi connectivity index (χ0v) is 13.3. The summed E-state index contributed by atoms with van der Waals surface area (Å²) in [6, 6.07) is 10.3. The SMILES string of the molecule is Cc1cc(C(C)C)nc(N(C)Cc2ccccc2CN)n1. The summed E-state index contributed by atoms with van der Waals surface area (Å²) in [5, 5.41) is 0. The van der Waals surface area contributed by atoms with Crippen molar-refractivity contribution in [2.45, 2.75) is 39.8 Å². The highest BCUT2D eigenvalue weighted by Gasteiger charge is 2.11. The maximum Gasteiger partial charge on any atom is 0.225 e. The average Bonchev–Trinajstić information content (AvgIpc) is 2.47. The van der Waals surface area contributed by atoms with Crippen molar-refractivity contribution in [1.29, 1.82) is 0 Å². The fraction of sp³-hybridized carbons (Fsp3) is 0.412. The minimum absolute atomic E-state index is 0.398. The quantitative estimate of drug-likeness (QED) is 0.917. The molecule has 0 saturated carbocycles. The Morgan fingerprint density at radius 3 is 2.43 bits per heavy atom. The molecule has 0 spiro atoms. The summed E-state index contributed by atoms with van der Waals surface area (Å²) >= 11 is 0. The summed E-state index contributed by atoms with van der Waals surface area (Å²) in [4.78, 5) is 11.3. The van der Waals surface area contributed by atoms with Crippen molar-refractivity contribution in [2.24, 2.45) is 5.73 Å². The van der Waals surface area contributed by atoms with Crippen LogP contribution >= 0.6 is 0 Å². The van der Waals surface area contributed by atoms with Gasteiger partial charge < -0.3 is 10.6 Å². The molecule has 0 atom stereocenters. The van der Waals surface area contributed by atoms with Gasteiger partial charge in [-0.25, -0.2) is 9.97 Å². The zero-order valence-electron chi connectivity index (χ0n) is 13.3. The van der Waals surface area contributed by atoms with Gasteiger partial charge in [-0.05, 0) is 30.0 Å². The van der Waals surface area contributed by atoms with E-state index in [2.05, 4.69) is 46.9 Å². The second kappa shape index (κ2) is 6.68. The molecule has 0 saturated heterocycles. The number of rotatable bonds is 5. The Morgan fingerprint density at radius 1 is 1.14 bits per heavy atom. The Bertz CT molecular complexity index is 607. The molecule has 2 N–H and O–H groups in total. The van der Waals surface area contributed by atoms with E-state index in [1.807, 2.05) is 26.1 Å². The molecule has 0 aliphatic heterocycles. The Morgan fingerprint density at radius 2 is 1.81 bits per heavy atom. The highest BCUT2D eigenvalue weighted by Crippen LogP contribution is 2.18. The lowest BCUT2D eigenvalue weighted by Crippen LogP contribution is -2.21. The van der Waals surface area contributed by atoms with Gasteiger partial charge >= 0.3 is 0 Å². The van der Waals surface area contributed by atoms with Crippen LogP contribution in [0.5, 0.6) is 0 Å². The zero-order chi connectivity index (χ0) is 15.4. The molecular weight excluding hydrogens is 260 g/mol. The van der Waals surface area contributed by atoms with E-state index in [9.17, 15) is 0 Å². The maximum absolute atomic E-state index is 5.80. The molecular formula is C17H24N4. The maximum atomic E-state index is 5.80. The van der Waals surface area contributed by atoms with Gasteiger partial charge in [0.2, 0.25) is 5.95 Å². The lowest BCUT2D eigenvalue weighted by molar-refractivity contribution is 0.780. The van der Waals surface area contributed by atoms with Crippen LogP contribution in [0.2, 0.25) is 0 Å².